The topological polar surface area (TPSA) is 38.7 Å². The van der Waals surface area contributed by atoms with E-state index in [4.69, 9.17) is 9.97 Å². The minimum absolute atomic E-state index is 0.719. The van der Waals surface area contributed by atoms with E-state index in [2.05, 4.69) is 96.0 Å². The maximum absolute atomic E-state index is 4.98. The SMILES string of the molecule is C1=CC(c2ccc(-c3cc(-c4cccc(-c5cccnc5)c4)nc(-c4ccccc4)n3)cc2)=CCC1. The molecular weight excluding hydrogens is 438 g/mol. The van der Waals surface area contributed by atoms with Gasteiger partial charge in [-0.1, -0.05) is 97.1 Å². The summed E-state index contributed by atoms with van der Waals surface area (Å²) in [6.07, 6.45) is 12.7. The molecule has 2 aromatic heterocycles. The summed E-state index contributed by atoms with van der Waals surface area (Å²) in [5, 5.41) is 0. The van der Waals surface area contributed by atoms with E-state index in [9.17, 15) is 0 Å². The Balaban J connectivity index is 1.44. The number of benzene rings is 3. The first kappa shape index (κ1) is 21.9. The van der Waals surface area contributed by atoms with Gasteiger partial charge in [-0.3, -0.25) is 4.98 Å². The number of pyridine rings is 1. The fraction of sp³-hybridized carbons (Fsp3) is 0.0606. The van der Waals surface area contributed by atoms with E-state index in [1.54, 1.807) is 6.20 Å². The first-order chi connectivity index (χ1) is 17.8. The second-order valence-corrected chi connectivity index (χ2v) is 8.87. The van der Waals surface area contributed by atoms with Crippen molar-refractivity contribution in [3.8, 4) is 45.0 Å². The Bertz CT molecular complexity index is 1550. The molecule has 0 fully saturated rings. The Morgan fingerprint density at radius 3 is 2.00 bits per heavy atom. The highest BCUT2D eigenvalue weighted by atomic mass is 14.9. The van der Waals surface area contributed by atoms with Crippen molar-refractivity contribution in [3.63, 3.8) is 0 Å². The van der Waals surface area contributed by atoms with Crippen molar-refractivity contribution < 1.29 is 0 Å². The molecule has 36 heavy (non-hydrogen) atoms. The molecule has 2 heterocycles. The van der Waals surface area contributed by atoms with Crippen LogP contribution in [0, 0.1) is 0 Å². The molecule has 0 aliphatic heterocycles. The Hall–Kier alpha value is -4.63. The van der Waals surface area contributed by atoms with Gasteiger partial charge in [-0.15, -0.1) is 0 Å². The van der Waals surface area contributed by atoms with Crippen LogP contribution in [-0.2, 0) is 0 Å². The molecule has 1 aliphatic carbocycles. The molecule has 3 aromatic carbocycles. The predicted octanol–water partition coefficient (Wildman–Crippen LogP) is 8.27. The first-order valence-electron chi connectivity index (χ1n) is 12.3. The molecule has 0 saturated carbocycles. The van der Waals surface area contributed by atoms with Crippen molar-refractivity contribution in [2.45, 2.75) is 12.8 Å². The monoisotopic (exact) mass is 463 g/mol. The molecule has 0 unspecified atom stereocenters. The maximum atomic E-state index is 4.98. The molecule has 0 N–H and O–H groups in total. The Kier molecular flexibility index (Phi) is 6.03. The van der Waals surface area contributed by atoms with Crippen LogP contribution in [0.5, 0.6) is 0 Å². The van der Waals surface area contributed by atoms with E-state index < -0.39 is 0 Å². The van der Waals surface area contributed by atoms with Gasteiger partial charge in [0.15, 0.2) is 5.82 Å². The van der Waals surface area contributed by atoms with Crippen LogP contribution in [0.15, 0.2) is 128 Å². The highest BCUT2D eigenvalue weighted by Gasteiger charge is 2.12. The van der Waals surface area contributed by atoms with E-state index in [1.165, 1.54) is 11.1 Å². The third-order valence-corrected chi connectivity index (χ3v) is 6.42. The number of hydrogen-bond acceptors (Lipinski definition) is 3. The minimum Gasteiger partial charge on any atom is -0.264 e. The number of hydrogen-bond donors (Lipinski definition) is 0. The lowest BCUT2D eigenvalue weighted by Gasteiger charge is -2.12. The molecule has 0 spiro atoms. The highest BCUT2D eigenvalue weighted by molar-refractivity contribution is 5.78. The van der Waals surface area contributed by atoms with Crippen molar-refractivity contribution in [1.29, 1.82) is 0 Å². The largest absolute Gasteiger partial charge is 0.264 e. The molecule has 0 bridgehead atoms. The van der Waals surface area contributed by atoms with Crippen LogP contribution < -0.4 is 0 Å². The fourth-order valence-electron chi connectivity index (χ4n) is 4.51. The Morgan fingerprint density at radius 2 is 1.25 bits per heavy atom. The quantitative estimate of drug-likeness (QED) is 0.263. The van der Waals surface area contributed by atoms with Gasteiger partial charge in [0.05, 0.1) is 11.4 Å². The number of rotatable bonds is 5. The predicted molar refractivity (Wildman–Crippen MR) is 148 cm³/mol. The molecule has 0 atom stereocenters. The summed E-state index contributed by atoms with van der Waals surface area (Å²) in [5.41, 5.74) is 9.63. The van der Waals surface area contributed by atoms with Crippen LogP contribution >= 0.6 is 0 Å². The third kappa shape index (κ3) is 4.64. The summed E-state index contributed by atoms with van der Waals surface area (Å²) >= 11 is 0. The summed E-state index contributed by atoms with van der Waals surface area (Å²) in [6, 6.07) is 33.4. The number of aromatic nitrogens is 3. The molecule has 172 valence electrons. The van der Waals surface area contributed by atoms with Gasteiger partial charge in [0.2, 0.25) is 0 Å². The average molecular weight is 464 g/mol. The van der Waals surface area contributed by atoms with Crippen molar-refractivity contribution in [3.05, 3.63) is 133 Å². The van der Waals surface area contributed by atoms with E-state index in [0.717, 1.165) is 57.9 Å². The Labute approximate surface area is 211 Å². The zero-order valence-electron chi connectivity index (χ0n) is 19.9. The van der Waals surface area contributed by atoms with Gasteiger partial charge in [-0.2, -0.15) is 0 Å². The van der Waals surface area contributed by atoms with Crippen molar-refractivity contribution in [2.24, 2.45) is 0 Å². The highest BCUT2D eigenvalue weighted by Crippen LogP contribution is 2.31. The van der Waals surface area contributed by atoms with Crippen LogP contribution in [0.3, 0.4) is 0 Å². The summed E-state index contributed by atoms with van der Waals surface area (Å²) in [5.74, 6) is 0.719. The second kappa shape index (κ2) is 9.93. The summed E-state index contributed by atoms with van der Waals surface area (Å²) in [7, 11) is 0. The van der Waals surface area contributed by atoms with Crippen LogP contribution in [0.1, 0.15) is 18.4 Å². The Morgan fingerprint density at radius 1 is 0.528 bits per heavy atom. The lowest BCUT2D eigenvalue weighted by atomic mass is 9.97. The zero-order valence-corrected chi connectivity index (χ0v) is 19.9. The molecule has 3 nitrogen and oxygen atoms in total. The van der Waals surface area contributed by atoms with Crippen LogP contribution in [0.4, 0.5) is 0 Å². The van der Waals surface area contributed by atoms with E-state index in [0.29, 0.717) is 0 Å². The van der Waals surface area contributed by atoms with Crippen molar-refractivity contribution in [2.75, 3.05) is 0 Å². The van der Waals surface area contributed by atoms with Gasteiger partial charge in [-0.25, -0.2) is 9.97 Å². The number of nitrogens with zero attached hydrogens (tertiary/aromatic N) is 3. The van der Waals surface area contributed by atoms with Gasteiger partial charge in [-0.05, 0) is 47.7 Å². The molecule has 5 aromatic rings. The smallest absolute Gasteiger partial charge is 0.160 e. The van der Waals surface area contributed by atoms with Crippen LogP contribution in [-0.4, -0.2) is 15.0 Å². The van der Waals surface area contributed by atoms with Crippen LogP contribution in [0.2, 0.25) is 0 Å². The molecule has 0 amide bonds. The van der Waals surface area contributed by atoms with E-state index in [1.807, 2.05) is 30.5 Å². The van der Waals surface area contributed by atoms with E-state index in [-0.39, 0.29) is 0 Å². The molecule has 0 saturated heterocycles. The summed E-state index contributed by atoms with van der Waals surface area (Å²) < 4.78 is 0. The van der Waals surface area contributed by atoms with Gasteiger partial charge >= 0.3 is 0 Å². The minimum atomic E-state index is 0.719. The molecule has 1 aliphatic rings. The van der Waals surface area contributed by atoms with E-state index >= 15 is 0 Å². The molecular formula is C33H25N3. The zero-order chi connectivity index (χ0) is 24.2. The summed E-state index contributed by atoms with van der Waals surface area (Å²) in [6.45, 7) is 0. The molecule has 6 rings (SSSR count). The molecule has 3 heteroatoms. The molecule has 0 radical (unpaired) electrons. The lowest BCUT2D eigenvalue weighted by molar-refractivity contribution is 1.04. The summed E-state index contributed by atoms with van der Waals surface area (Å²) in [4.78, 5) is 14.2. The average Bonchev–Trinajstić information content (AvgIpc) is 2.98. The maximum Gasteiger partial charge on any atom is 0.160 e. The van der Waals surface area contributed by atoms with Gasteiger partial charge in [0.25, 0.3) is 0 Å². The first-order valence-corrected chi connectivity index (χ1v) is 12.3. The van der Waals surface area contributed by atoms with Gasteiger partial charge in [0.1, 0.15) is 0 Å². The van der Waals surface area contributed by atoms with Crippen LogP contribution in [0.25, 0.3) is 50.6 Å². The fourth-order valence-corrected chi connectivity index (χ4v) is 4.51. The third-order valence-electron chi connectivity index (χ3n) is 6.42. The lowest BCUT2D eigenvalue weighted by Crippen LogP contribution is -1.96. The van der Waals surface area contributed by atoms with Crippen molar-refractivity contribution >= 4 is 5.57 Å². The second-order valence-electron chi connectivity index (χ2n) is 8.87. The normalized spacial score (nSPS) is 12.8. The number of allylic oxidation sites excluding steroid dienone is 4. The van der Waals surface area contributed by atoms with Gasteiger partial charge < -0.3 is 0 Å². The van der Waals surface area contributed by atoms with Crippen molar-refractivity contribution in [1.82, 2.24) is 15.0 Å². The van der Waals surface area contributed by atoms with Gasteiger partial charge in [0, 0.05) is 34.6 Å². The standard InChI is InChI=1S/C33H25N3/c1-3-9-24(10-4-1)25-16-18-26(19-17-25)31-22-32(36-33(35-31)27-11-5-2-6-12-27)29-14-7-13-28(21-29)30-15-8-20-34-23-30/h2-3,5-23H,1,4H2.